The number of nitrogens with zero attached hydrogens (tertiary/aromatic N) is 3. The highest BCUT2D eigenvalue weighted by Crippen LogP contribution is 2.43. The quantitative estimate of drug-likeness (QED) is 0.498. The van der Waals surface area contributed by atoms with Crippen LogP contribution in [0.4, 0.5) is 0 Å². The first-order valence-electron chi connectivity index (χ1n) is 7.66. The molecule has 0 aliphatic heterocycles. The summed E-state index contributed by atoms with van der Waals surface area (Å²) in [7, 11) is 0. The molecule has 0 fully saturated rings. The number of halogens is 3. The van der Waals surface area contributed by atoms with Gasteiger partial charge < -0.3 is 15.3 Å². The van der Waals surface area contributed by atoms with Gasteiger partial charge in [-0.05, 0) is 17.5 Å². The van der Waals surface area contributed by atoms with E-state index >= 15 is 0 Å². The lowest BCUT2D eigenvalue weighted by Crippen LogP contribution is -2.16. The summed E-state index contributed by atoms with van der Waals surface area (Å²) in [5.41, 5.74) is 9.28. The Morgan fingerprint density at radius 3 is 2.74 bits per heavy atom. The van der Waals surface area contributed by atoms with Gasteiger partial charge in [-0.1, -0.05) is 17.7 Å². The molecule has 3 N–H and O–H groups in total. The van der Waals surface area contributed by atoms with E-state index in [-0.39, 0.29) is 30.4 Å². The summed E-state index contributed by atoms with van der Waals surface area (Å²) in [6.45, 7) is 0.871. The Morgan fingerprint density at radius 1 is 1.30 bits per heavy atom. The van der Waals surface area contributed by atoms with Crippen LogP contribution in [0.15, 0.2) is 47.1 Å². The molecule has 4 aromatic heterocycles. The van der Waals surface area contributed by atoms with E-state index in [2.05, 4.69) is 15.0 Å². The molecule has 0 atom stereocenters. The number of thiophene rings is 1. The molecular weight excluding hydrogens is 429 g/mol. The molecule has 0 unspecified atom stereocenters. The first kappa shape index (κ1) is 21.4. The van der Waals surface area contributed by atoms with Crippen molar-refractivity contribution in [1.29, 1.82) is 0 Å². The molecule has 0 aliphatic rings. The van der Waals surface area contributed by atoms with Gasteiger partial charge in [0.15, 0.2) is 0 Å². The summed E-state index contributed by atoms with van der Waals surface area (Å²) in [5, 5.41) is 2.56. The lowest BCUT2D eigenvalue weighted by Gasteiger charge is -2.10. The molecule has 6 nitrogen and oxygen atoms in total. The molecule has 0 amide bonds. The highest BCUT2D eigenvalue weighted by Gasteiger charge is 2.24. The monoisotopic (exact) mass is 443 g/mol. The molecule has 4 aromatic rings. The zero-order valence-electron chi connectivity index (χ0n) is 13.9. The molecule has 142 valence electrons. The van der Waals surface area contributed by atoms with Crippen LogP contribution in [0.3, 0.4) is 0 Å². The van der Waals surface area contributed by atoms with Crippen LogP contribution in [0, 0.1) is 0 Å². The van der Waals surface area contributed by atoms with Crippen molar-refractivity contribution < 1.29 is 0 Å². The van der Waals surface area contributed by atoms with Crippen molar-refractivity contribution in [2.75, 3.05) is 6.54 Å². The Kier molecular flexibility index (Phi) is 7.02. The largest absolute Gasteiger partial charge is 0.332 e. The number of nitrogens with two attached hydrogens (primary N) is 1. The average Bonchev–Trinajstić information content (AvgIpc) is 3.18. The van der Waals surface area contributed by atoms with Gasteiger partial charge in [0, 0.05) is 36.6 Å². The molecule has 4 rings (SSSR count). The van der Waals surface area contributed by atoms with Crippen molar-refractivity contribution in [3.05, 3.63) is 57.7 Å². The van der Waals surface area contributed by atoms with Crippen molar-refractivity contribution >= 4 is 58.8 Å². The van der Waals surface area contributed by atoms with E-state index < -0.39 is 0 Å². The third-order valence-electron chi connectivity index (χ3n) is 3.98. The predicted molar refractivity (Wildman–Crippen MR) is 115 cm³/mol. The molecule has 0 saturated carbocycles. The minimum atomic E-state index is -0.206. The van der Waals surface area contributed by atoms with Crippen LogP contribution in [0.5, 0.6) is 0 Å². The molecule has 0 bridgehead atoms. The Balaban J connectivity index is 0.00000131. The molecule has 4 heterocycles. The van der Waals surface area contributed by atoms with Crippen molar-refractivity contribution in [2.45, 2.75) is 6.54 Å². The SMILES string of the molecule is Cl.Cl.NCCn1c(-c2sccc2Cl)c(-c2cccnc2)c2nc[nH]c(=O)c21. The molecule has 0 aromatic carbocycles. The summed E-state index contributed by atoms with van der Waals surface area (Å²) >= 11 is 7.94. The normalized spacial score (nSPS) is 10.4. The molecule has 10 heteroatoms. The maximum absolute atomic E-state index is 12.5. The third-order valence-corrected chi connectivity index (χ3v) is 5.33. The lowest BCUT2D eigenvalue weighted by atomic mass is 10.1. The van der Waals surface area contributed by atoms with E-state index in [1.165, 1.54) is 17.7 Å². The van der Waals surface area contributed by atoms with Crippen molar-refractivity contribution in [2.24, 2.45) is 5.73 Å². The van der Waals surface area contributed by atoms with Gasteiger partial charge in [0.05, 0.1) is 21.9 Å². The van der Waals surface area contributed by atoms with Crippen molar-refractivity contribution in [3.8, 4) is 21.7 Å². The van der Waals surface area contributed by atoms with E-state index in [4.69, 9.17) is 17.3 Å². The van der Waals surface area contributed by atoms with Crippen LogP contribution in [0.2, 0.25) is 5.02 Å². The lowest BCUT2D eigenvalue weighted by molar-refractivity contribution is 0.739. The van der Waals surface area contributed by atoms with E-state index in [0.29, 0.717) is 29.1 Å². The van der Waals surface area contributed by atoms with E-state index in [0.717, 1.165) is 21.7 Å². The highest BCUT2D eigenvalue weighted by molar-refractivity contribution is 7.14. The van der Waals surface area contributed by atoms with Crippen LogP contribution in [0.25, 0.3) is 32.7 Å². The molecule has 27 heavy (non-hydrogen) atoms. The van der Waals surface area contributed by atoms with E-state index in [1.54, 1.807) is 12.4 Å². The summed E-state index contributed by atoms with van der Waals surface area (Å²) < 4.78 is 1.90. The molecule has 0 spiro atoms. The fraction of sp³-hybridized carbons (Fsp3) is 0.118. The van der Waals surface area contributed by atoms with Crippen molar-refractivity contribution in [3.63, 3.8) is 0 Å². The molecule has 0 radical (unpaired) electrons. The van der Waals surface area contributed by atoms with Gasteiger partial charge >= 0.3 is 0 Å². The van der Waals surface area contributed by atoms with E-state index in [1.807, 2.05) is 28.1 Å². The summed E-state index contributed by atoms with van der Waals surface area (Å²) in [4.78, 5) is 24.7. The fourth-order valence-electron chi connectivity index (χ4n) is 3.02. The second-order valence-corrected chi connectivity index (χ2v) is 6.76. The molecule has 0 saturated heterocycles. The summed E-state index contributed by atoms with van der Waals surface area (Å²) in [6.07, 6.45) is 4.88. The van der Waals surface area contributed by atoms with Gasteiger partial charge in [-0.15, -0.1) is 36.2 Å². The number of rotatable bonds is 4. The number of hydrogen-bond acceptors (Lipinski definition) is 5. The van der Waals surface area contributed by atoms with E-state index in [9.17, 15) is 4.79 Å². The van der Waals surface area contributed by atoms with Crippen LogP contribution in [-0.4, -0.2) is 26.1 Å². The first-order valence-corrected chi connectivity index (χ1v) is 8.92. The Hall–Kier alpha value is -1.90. The van der Waals surface area contributed by atoms with Crippen molar-refractivity contribution in [1.82, 2.24) is 19.5 Å². The zero-order valence-corrected chi connectivity index (χ0v) is 17.1. The molecular formula is C17H16Cl3N5OS. The van der Waals surface area contributed by atoms with Gasteiger partial charge in [0.1, 0.15) is 11.0 Å². The Bertz CT molecular complexity index is 1110. The topological polar surface area (TPSA) is 89.6 Å². The third kappa shape index (κ3) is 3.61. The van der Waals surface area contributed by atoms with Crippen LogP contribution in [-0.2, 0) is 6.54 Å². The van der Waals surface area contributed by atoms with Gasteiger partial charge in [-0.2, -0.15) is 0 Å². The highest BCUT2D eigenvalue weighted by atomic mass is 35.5. The van der Waals surface area contributed by atoms with Crippen LogP contribution >= 0.6 is 47.8 Å². The maximum atomic E-state index is 12.5. The van der Waals surface area contributed by atoms with Crippen LogP contribution in [0.1, 0.15) is 0 Å². The van der Waals surface area contributed by atoms with Gasteiger partial charge in [0.25, 0.3) is 5.56 Å². The standard InChI is InChI=1S/C17H14ClN5OS.2ClH/c18-11-3-7-25-16(11)14-12(10-2-1-5-20-8-10)13-15(23(14)6-4-19)17(24)22-9-21-13;;/h1-3,5,7-9H,4,6,19H2,(H,21,22,24);2*1H. The number of fused-ring (bicyclic) bond motifs is 1. The van der Waals surface area contributed by atoms with Gasteiger partial charge in [-0.3, -0.25) is 9.78 Å². The minimum absolute atomic E-state index is 0. The summed E-state index contributed by atoms with van der Waals surface area (Å²) in [6, 6.07) is 5.65. The number of pyridine rings is 1. The Morgan fingerprint density at radius 2 is 2.11 bits per heavy atom. The number of H-pyrrole nitrogens is 1. The van der Waals surface area contributed by atoms with Gasteiger partial charge in [0.2, 0.25) is 0 Å². The fourth-order valence-corrected chi connectivity index (χ4v) is 4.23. The number of aromatic nitrogens is 4. The second-order valence-electron chi connectivity index (χ2n) is 5.43. The number of hydrogen-bond donors (Lipinski definition) is 2. The second kappa shape index (κ2) is 8.86. The van der Waals surface area contributed by atoms with Crippen LogP contribution < -0.4 is 11.3 Å². The minimum Gasteiger partial charge on any atom is -0.332 e. The zero-order chi connectivity index (χ0) is 17.4. The number of aromatic amines is 1. The smallest absolute Gasteiger partial charge is 0.275 e. The maximum Gasteiger partial charge on any atom is 0.275 e. The van der Waals surface area contributed by atoms with Gasteiger partial charge in [-0.25, -0.2) is 4.98 Å². The number of nitrogens with one attached hydrogen (secondary N) is 1. The molecule has 0 aliphatic carbocycles. The summed E-state index contributed by atoms with van der Waals surface area (Å²) in [5.74, 6) is 0. The Labute approximate surface area is 176 Å². The average molecular weight is 445 g/mol. The first-order chi connectivity index (χ1) is 12.2. The predicted octanol–water partition coefficient (Wildman–Crippen LogP) is 3.97.